The number of hydrogen-bond acceptors (Lipinski definition) is 2. The van der Waals surface area contributed by atoms with Crippen molar-refractivity contribution in [2.45, 2.75) is 32.1 Å². The van der Waals surface area contributed by atoms with Crippen LogP contribution in [0.2, 0.25) is 0 Å². The molecule has 0 unspecified atom stereocenters. The molecule has 0 amide bonds. The van der Waals surface area contributed by atoms with E-state index in [2.05, 4.69) is 4.90 Å². The molecule has 0 radical (unpaired) electrons. The molecule has 0 aromatic heterocycles. The minimum absolute atomic E-state index is 0.364. The summed E-state index contributed by atoms with van der Waals surface area (Å²) in [5.74, 6) is 0. The van der Waals surface area contributed by atoms with Gasteiger partial charge in [-0.25, -0.2) is 0 Å². The number of rotatable bonds is 4. The molecular formula is C10H19NO. The van der Waals surface area contributed by atoms with Crippen molar-refractivity contribution in [2.75, 3.05) is 26.2 Å². The Bertz CT molecular complexity index is 148. The summed E-state index contributed by atoms with van der Waals surface area (Å²) in [5.41, 5.74) is 0.364. The SMILES string of the molecule is OCC1(CCN2CCCC2)CC1. The Morgan fingerprint density at radius 2 is 1.83 bits per heavy atom. The van der Waals surface area contributed by atoms with Crippen LogP contribution in [0, 0.1) is 5.41 Å². The maximum absolute atomic E-state index is 9.11. The summed E-state index contributed by atoms with van der Waals surface area (Å²) in [4.78, 5) is 2.54. The molecule has 2 fully saturated rings. The molecule has 1 N–H and O–H groups in total. The Morgan fingerprint density at radius 1 is 1.17 bits per heavy atom. The van der Waals surface area contributed by atoms with Crippen molar-refractivity contribution in [1.29, 1.82) is 0 Å². The van der Waals surface area contributed by atoms with Crippen LogP contribution in [0.15, 0.2) is 0 Å². The van der Waals surface area contributed by atoms with Crippen molar-refractivity contribution < 1.29 is 5.11 Å². The van der Waals surface area contributed by atoms with Crippen LogP contribution in [-0.2, 0) is 0 Å². The van der Waals surface area contributed by atoms with Gasteiger partial charge in [0.2, 0.25) is 0 Å². The van der Waals surface area contributed by atoms with Gasteiger partial charge < -0.3 is 10.0 Å². The van der Waals surface area contributed by atoms with Crippen molar-refractivity contribution in [3.05, 3.63) is 0 Å². The first-order valence-electron chi connectivity index (χ1n) is 5.18. The Balaban J connectivity index is 1.67. The van der Waals surface area contributed by atoms with Gasteiger partial charge in [-0.2, -0.15) is 0 Å². The van der Waals surface area contributed by atoms with Crippen LogP contribution < -0.4 is 0 Å². The van der Waals surface area contributed by atoms with Gasteiger partial charge in [0.05, 0.1) is 0 Å². The predicted octanol–water partition coefficient (Wildman–Crippen LogP) is 1.24. The fourth-order valence-electron chi connectivity index (χ4n) is 2.07. The van der Waals surface area contributed by atoms with Gasteiger partial charge in [-0.1, -0.05) is 0 Å². The maximum Gasteiger partial charge on any atom is 0.0487 e. The summed E-state index contributed by atoms with van der Waals surface area (Å²) in [7, 11) is 0. The highest BCUT2D eigenvalue weighted by Gasteiger charge is 2.41. The smallest absolute Gasteiger partial charge is 0.0487 e. The monoisotopic (exact) mass is 169 g/mol. The molecule has 1 aliphatic carbocycles. The van der Waals surface area contributed by atoms with Gasteiger partial charge in [0.25, 0.3) is 0 Å². The fraction of sp³-hybridized carbons (Fsp3) is 1.00. The molecule has 2 aliphatic rings. The van der Waals surface area contributed by atoms with E-state index >= 15 is 0 Å². The Hall–Kier alpha value is -0.0800. The summed E-state index contributed by atoms with van der Waals surface area (Å²) >= 11 is 0. The lowest BCUT2D eigenvalue weighted by Gasteiger charge is -2.18. The number of aliphatic hydroxyl groups excluding tert-OH is 1. The van der Waals surface area contributed by atoms with Gasteiger partial charge in [0, 0.05) is 6.61 Å². The largest absolute Gasteiger partial charge is 0.396 e. The highest BCUT2D eigenvalue weighted by atomic mass is 16.3. The van der Waals surface area contributed by atoms with Crippen LogP contribution in [0.4, 0.5) is 0 Å². The molecule has 0 aromatic carbocycles. The van der Waals surface area contributed by atoms with Crippen LogP contribution in [-0.4, -0.2) is 36.2 Å². The highest BCUT2D eigenvalue weighted by molar-refractivity contribution is 4.93. The summed E-state index contributed by atoms with van der Waals surface area (Å²) in [6.45, 7) is 4.23. The molecule has 70 valence electrons. The van der Waals surface area contributed by atoms with Crippen molar-refractivity contribution in [3.63, 3.8) is 0 Å². The average molecular weight is 169 g/mol. The normalized spacial score (nSPS) is 27.8. The lowest BCUT2D eigenvalue weighted by molar-refractivity contribution is 0.185. The average Bonchev–Trinajstić information content (AvgIpc) is 2.70. The van der Waals surface area contributed by atoms with E-state index in [-0.39, 0.29) is 0 Å². The Kier molecular flexibility index (Phi) is 2.37. The third-order valence-corrected chi connectivity index (χ3v) is 3.45. The van der Waals surface area contributed by atoms with E-state index < -0.39 is 0 Å². The lowest BCUT2D eigenvalue weighted by atomic mass is 10.0. The summed E-state index contributed by atoms with van der Waals surface area (Å²) in [6, 6.07) is 0. The highest BCUT2D eigenvalue weighted by Crippen LogP contribution is 2.48. The van der Waals surface area contributed by atoms with Gasteiger partial charge in [-0.15, -0.1) is 0 Å². The quantitative estimate of drug-likeness (QED) is 0.684. The van der Waals surface area contributed by atoms with Crippen LogP contribution in [0.5, 0.6) is 0 Å². The number of aliphatic hydroxyl groups is 1. The minimum atomic E-state index is 0.364. The summed E-state index contributed by atoms with van der Waals surface area (Å²) in [5, 5.41) is 9.11. The zero-order valence-electron chi connectivity index (χ0n) is 7.76. The third kappa shape index (κ3) is 1.80. The van der Waals surface area contributed by atoms with E-state index in [0.717, 1.165) is 0 Å². The van der Waals surface area contributed by atoms with Crippen molar-refractivity contribution >= 4 is 0 Å². The van der Waals surface area contributed by atoms with E-state index in [1.807, 2.05) is 0 Å². The second-order valence-electron chi connectivity index (χ2n) is 4.46. The standard InChI is InChI=1S/C10H19NO/c12-9-10(3-4-10)5-8-11-6-1-2-7-11/h12H,1-9H2. The molecule has 0 atom stereocenters. The minimum Gasteiger partial charge on any atom is -0.396 e. The first-order valence-corrected chi connectivity index (χ1v) is 5.18. The second-order valence-corrected chi connectivity index (χ2v) is 4.46. The Labute approximate surface area is 74.6 Å². The van der Waals surface area contributed by atoms with Gasteiger partial charge >= 0.3 is 0 Å². The molecule has 12 heavy (non-hydrogen) atoms. The third-order valence-electron chi connectivity index (χ3n) is 3.45. The molecular weight excluding hydrogens is 150 g/mol. The molecule has 0 spiro atoms. The van der Waals surface area contributed by atoms with Crippen molar-refractivity contribution in [2.24, 2.45) is 5.41 Å². The van der Waals surface area contributed by atoms with E-state index in [1.54, 1.807) is 0 Å². The van der Waals surface area contributed by atoms with Crippen molar-refractivity contribution in [1.82, 2.24) is 4.90 Å². The maximum atomic E-state index is 9.11. The first kappa shape index (κ1) is 8.52. The van der Waals surface area contributed by atoms with Crippen LogP contribution in [0.25, 0.3) is 0 Å². The summed E-state index contributed by atoms with van der Waals surface area (Å²) in [6.07, 6.45) is 6.51. The molecule has 1 saturated carbocycles. The van der Waals surface area contributed by atoms with Gasteiger partial charge in [-0.05, 0) is 57.2 Å². The number of hydrogen-bond donors (Lipinski definition) is 1. The van der Waals surface area contributed by atoms with Crippen LogP contribution in [0.1, 0.15) is 32.1 Å². The number of likely N-dealkylation sites (tertiary alicyclic amines) is 1. The topological polar surface area (TPSA) is 23.5 Å². The second kappa shape index (κ2) is 3.35. The van der Waals surface area contributed by atoms with Crippen LogP contribution in [0.3, 0.4) is 0 Å². The first-order chi connectivity index (χ1) is 5.85. The van der Waals surface area contributed by atoms with Gasteiger partial charge in [0.15, 0.2) is 0 Å². The molecule has 1 heterocycles. The number of nitrogens with zero attached hydrogens (tertiary/aromatic N) is 1. The molecule has 1 saturated heterocycles. The van der Waals surface area contributed by atoms with E-state index in [9.17, 15) is 0 Å². The molecule has 2 nitrogen and oxygen atoms in total. The molecule has 0 aromatic rings. The van der Waals surface area contributed by atoms with Gasteiger partial charge in [-0.3, -0.25) is 0 Å². The lowest BCUT2D eigenvalue weighted by Crippen LogP contribution is -2.24. The van der Waals surface area contributed by atoms with Gasteiger partial charge in [0.1, 0.15) is 0 Å². The summed E-state index contributed by atoms with van der Waals surface area (Å²) < 4.78 is 0. The van der Waals surface area contributed by atoms with E-state index in [0.29, 0.717) is 12.0 Å². The Morgan fingerprint density at radius 3 is 2.33 bits per heavy atom. The van der Waals surface area contributed by atoms with E-state index in [4.69, 9.17) is 5.11 Å². The van der Waals surface area contributed by atoms with Crippen LogP contribution >= 0.6 is 0 Å². The zero-order valence-corrected chi connectivity index (χ0v) is 7.76. The van der Waals surface area contributed by atoms with E-state index in [1.165, 1.54) is 51.7 Å². The molecule has 2 heteroatoms. The zero-order chi connectivity index (χ0) is 8.44. The molecule has 1 aliphatic heterocycles. The van der Waals surface area contributed by atoms with Crippen molar-refractivity contribution in [3.8, 4) is 0 Å². The fourth-order valence-corrected chi connectivity index (χ4v) is 2.07. The molecule has 0 bridgehead atoms. The predicted molar refractivity (Wildman–Crippen MR) is 49.0 cm³/mol. The molecule has 2 rings (SSSR count).